The highest BCUT2D eigenvalue weighted by Crippen LogP contribution is 2.18. The topological polar surface area (TPSA) is 84.9 Å². The van der Waals surface area contributed by atoms with Gasteiger partial charge in [0.15, 0.2) is 0 Å². The number of hydrogen-bond donors (Lipinski definition) is 1. The van der Waals surface area contributed by atoms with Crippen molar-refractivity contribution < 1.29 is 22.7 Å². The molecule has 0 radical (unpaired) electrons. The average Bonchev–Trinajstić information content (AvgIpc) is 2.94. The van der Waals surface area contributed by atoms with Crippen LogP contribution in [0.1, 0.15) is 5.56 Å². The van der Waals surface area contributed by atoms with Crippen LogP contribution >= 0.6 is 0 Å². The lowest BCUT2D eigenvalue weighted by Gasteiger charge is -2.21. The first-order chi connectivity index (χ1) is 11.3. The molecule has 2 rings (SSSR count). The molecule has 0 unspecified atom stereocenters. The molecule has 1 saturated heterocycles. The van der Waals surface area contributed by atoms with E-state index < -0.39 is 10.0 Å². The van der Waals surface area contributed by atoms with Crippen LogP contribution in [0.5, 0.6) is 5.75 Å². The maximum Gasteiger partial charge on any atom is 0.224 e. The zero-order valence-corrected chi connectivity index (χ0v) is 15.0. The standard InChI is InChI=1S/C16H24N2O5S/c1-18(2)24(20,21)11-13-9-23-10-15(13)17-16(19)8-12-4-6-14(22-3)7-5-12/h4-7,13,15H,8-11H2,1-3H3,(H,17,19)/t13-,15-/m0/s1. The predicted molar refractivity (Wildman–Crippen MR) is 90.4 cm³/mol. The summed E-state index contributed by atoms with van der Waals surface area (Å²) < 4.78 is 35.7. The maximum absolute atomic E-state index is 12.2. The number of methoxy groups -OCH3 is 1. The third-order valence-electron chi connectivity index (χ3n) is 4.05. The number of rotatable bonds is 7. The van der Waals surface area contributed by atoms with Gasteiger partial charge in [-0.3, -0.25) is 4.79 Å². The lowest BCUT2D eigenvalue weighted by atomic mass is 10.1. The van der Waals surface area contributed by atoms with Gasteiger partial charge in [0.2, 0.25) is 15.9 Å². The second-order valence-electron chi connectivity index (χ2n) is 6.06. The fourth-order valence-corrected chi connectivity index (χ4v) is 3.70. The highest BCUT2D eigenvalue weighted by atomic mass is 32.2. The van der Waals surface area contributed by atoms with Crippen LogP contribution in [0.25, 0.3) is 0 Å². The Hall–Kier alpha value is -1.64. The summed E-state index contributed by atoms with van der Waals surface area (Å²) in [4.78, 5) is 12.2. The molecular weight excluding hydrogens is 332 g/mol. The van der Waals surface area contributed by atoms with Crippen molar-refractivity contribution in [2.45, 2.75) is 12.5 Å². The Bertz CT molecular complexity index is 658. The van der Waals surface area contributed by atoms with E-state index in [4.69, 9.17) is 9.47 Å². The number of benzene rings is 1. The fourth-order valence-electron chi connectivity index (χ4n) is 2.53. The summed E-state index contributed by atoms with van der Waals surface area (Å²) in [6.07, 6.45) is 0.230. The average molecular weight is 356 g/mol. The molecule has 1 fully saturated rings. The molecule has 0 aromatic heterocycles. The van der Waals surface area contributed by atoms with Crippen LogP contribution < -0.4 is 10.1 Å². The first kappa shape index (κ1) is 18.7. The molecule has 0 saturated carbocycles. The smallest absolute Gasteiger partial charge is 0.224 e. The van der Waals surface area contributed by atoms with Gasteiger partial charge in [-0.1, -0.05) is 12.1 Å². The van der Waals surface area contributed by atoms with Crippen LogP contribution in [0.2, 0.25) is 0 Å². The number of carbonyl (C=O) groups is 1. The van der Waals surface area contributed by atoms with Crippen LogP contribution in [0.4, 0.5) is 0 Å². The molecule has 1 aromatic rings. The van der Waals surface area contributed by atoms with Crippen molar-refractivity contribution in [2.24, 2.45) is 5.92 Å². The van der Waals surface area contributed by atoms with Crippen LogP contribution in [-0.2, 0) is 26.0 Å². The second kappa shape index (κ2) is 7.96. The molecule has 134 valence electrons. The van der Waals surface area contributed by atoms with Gasteiger partial charge in [0, 0.05) is 20.0 Å². The normalized spacial score (nSPS) is 21.0. The largest absolute Gasteiger partial charge is 0.497 e. The van der Waals surface area contributed by atoms with Gasteiger partial charge < -0.3 is 14.8 Å². The molecule has 1 aromatic carbocycles. The third-order valence-corrected chi connectivity index (χ3v) is 6.01. The maximum atomic E-state index is 12.2. The van der Waals surface area contributed by atoms with E-state index in [0.29, 0.717) is 13.2 Å². The zero-order valence-electron chi connectivity index (χ0n) is 14.2. The molecule has 2 atom stereocenters. The van der Waals surface area contributed by atoms with Crippen LogP contribution in [0, 0.1) is 5.92 Å². The fraction of sp³-hybridized carbons (Fsp3) is 0.562. The summed E-state index contributed by atoms with van der Waals surface area (Å²) in [5.41, 5.74) is 0.865. The minimum absolute atomic E-state index is 0.0342. The van der Waals surface area contributed by atoms with Crippen molar-refractivity contribution in [3.05, 3.63) is 29.8 Å². The first-order valence-electron chi connectivity index (χ1n) is 7.72. The van der Waals surface area contributed by atoms with Crippen LogP contribution in [0.3, 0.4) is 0 Å². The summed E-state index contributed by atoms with van der Waals surface area (Å²) in [7, 11) is 1.26. The van der Waals surface area contributed by atoms with Gasteiger partial charge in [0.05, 0.1) is 38.5 Å². The van der Waals surface area contributed by atoms with E-state index in [1.54, 1.807) is 19.2 Å². The highest BCUT2D eigenvalue weighted by molar-refractivity contribution is 7.89. The number of sulfonamides is 1. The van der Waals surface area contributed by atoms with Crippen LogP contribution in [-0.4, -0.2) is 64.8 Å². The monoisotopic (exact) mass is 356 g/mol. The molecule has 1 amide bonds. The van der Waals surface area contributed by atoms with Gasteiger partial charge in [-0.2, -0.15) is 0 Å². The molecule has 1 aliphatic rings. The summed E-state index contributed by atoms with van der Waals surface area (Å²) in [5, 5.41) is 2.89. The van der Waals surface area contributed by atoms with Crippen LogP contribution in [0.15, 0.2) is 24.3 Å². The van der Waals surface area contributed by atoms with Gasteiger partial charge in [0.25, 0.3) is 0 Å². The molecular formula is C16H24N2O5S. The summed E-state index contributed by atoms with van der Waals surface area (Å²) >= 11 is 0. The minimum Gasteiger partial charge on any atom is -0.497 e. The third kappa shape index (κ3) is 4.93. The van der Waals surface area contributed by atoms with Crippen molar-refractivity contribution in [2.75, 3.05) is 40.2 Å². The molecule has 0 bridgehead atoms. The van der Waals surface area contributed by atoms with Gasteiger partial charge >= 0.3 is 0 Å². The lowest BCUT2D eigenvalue weighted by Crippen LogP contribution is -2.44. The van der Waals surface area contributed by atoms with Gasteiger partial charge in [-0.15, -0.1) is 0 Å². The first-order valence-corrected chi connectivity index (χ1v) is 9.33. The molecule has 1 aliphatic heterocycles. The minimum atomic E-state index is -3.33. The van der Waals surface area contributed by atoms with Crippen molar-refractivity contribution in [1.82, 2.24) is 9.62 Å². The SMILES string of the molecule is COc1ccc(CC(=O)N[C@H]2COC[C@H]2CS(=O)(=O)N(C)C)cc1. The Labute approximate surface area is 143 Å². The van der Waals surface area contributed by atoms with E-state index in [-0.39, 0.29) is 30.0 Å². The van der Waals surface area contributed by atoms with Crippen molar-refractivity contribution in [3.8, 4) is 5.75 Å². The van der Waals surface area contributed by atoms with Crippen molar-refractivity contribution in [1.29, 1.82) is 0 Å². The number of ether oxygens (including phenoxy) is 2. The Balaban J connectivity index is 1.92. The quantitative estimate of drug-likeness (QED) is 0.758. The van der Waals surface area contributed by atoms with Gasteiger partial charge in [-0.05, 0) is 17.7 Å². The Morgan fingerprint density at radius 1 is 1.29 bits per heavy atom. The molecule has 1 heterocycles. The van der Waals surface area contributed by atoms with E-state index in [2.05, 4.69) is 5.32 Å². The lowest BCUT2D eigenvalue weighted by molar-refractivity contribution is -0.121. The second-order valence-corrected chi connectivity index (χ2v) is 8.28. The number of nitrogens with zero attached hydrogens (tertiary/aromatic N) is 1. The van der Waals surface area contributed by atoms with E-state index in [0.717, 1.165) is 11.3 Å². The summed E-state index contributed by atoms with van der Waals surface area (Å²) in [6.45, 7) is 0.669. The van der Waals surface area contributed by atoms with E-state index in [1.807, 2.05) is 12.1 Å². The Morgan fingerprint density at radius 2 is 1.96 bits per heavy atom. The number of amides is 1. The summed E-state index contributed by atoms with van der Waals surface area (Å²) in [5.74, 6) is 0.311. The number of hydrogen-bond acceptors (Lipinski definition) is 5. The predicted octanol–water partition coefficient (Wildman–Crippen LogP) is 0.260. The van der Waals surface area contributed by atoms with Crippen molar-refractivity contribution >= 4 is 15.9 Å². The molecule has 0 spiro atoms. The molecule has 24 heavy (non-hydrogen) atoms. The molecule has 1 N–H and O–H groups in total. The van der Waals surface area contributed by atoms with Gasteiger partial charge in [-0.25, -0.2) is 12.7 Å². The summed E-state index contributed by atoms with van der Waals surface area (Å²) in [6, 6.07) is 6.97. The molecule has 0 aliphatic carbocycles. The highest BCUT2D eigenvalue weighted by Gasteiger charge is 2.34. The van der Waals surface area contributed by atoms with E-state index >= 15 is 0 Å². The number of nitrogens with one attached hydrogen (secondary N) is 1. The molecule has 7 nitrogen and oxygen atoms in total. The van der Waals surface area contributed by atoms with E-state index in [1.165, 1.54) is 18.4 Å². The van der Waals surface area contributed by atoms with Crippen molar-refractivity contribution in [3.63, 3.8) is 0 Å². The number of carbonyl (C=O) groups excluding carboxylic acids is 1. The molecule has 8 heteroatoms. The Morgan fingerprint density at radius 3 is 2.54 bits per heavy atom. The Kier molecular flexibility index (Phi) is 6.20. The zero-order chi connectivity index (χ0) is 17.7. The van der Waals surface area contributed by atoms with E-state index in [9.17, 15) is 13.2 Å². The van der Waals surface area contributed by atoms with Gasteiger partial charge in [0.1, 0.15) is 5.75 Å².